The van der Waals surface area contributed by atoms with Crippen LogP contribution in [0.15, 0.2) is 60.8 Å². The van der Waals surface area contributed by atoms with Crippen molar-refractivity contribution < 1.29 is 0 Å². The van der Waals surface area contributed by atoms with Crippen LogP contribution in [0.25, 0.3) is 0 Å². The van der Waals surface area contributed by atoms with Crippen LogP contribution in [0.4, 0.5) is 29.1 Å². The monoisotopic (exact) mass is 411 g/mol. The Labute approximate surface area is 181 Å². The van der Waals surface area contributed by atoms with Crippen molar-refractivity contribution in [2.45, 2.75) is 26.2 Å². The molecule has 5 rings (SSSR count). The summed E-state index contributed by atoms with van der Waals surface area (Å²) < 4.78 is 0. The molecule has 0 bridgehead atoms. The third-order valence-electron chi connectivity index (χ3n) is 5.62. The molecule has 0 aliphatic carbocycles. The molecule has 2 aromatic carbocycles. The maximum absolute atomic E-state index is 6.15. The third kappa shape index (κ3) is 3.94. The zero-order valence-electron chi connectivity index (χ0n) is 17.5. The molecule has 0 spiro atoms. The summed E-state index contributed by atoms with van der Waals surface area (Å²) in [6.45, 7) is 3.07. The van der Waals surface area contributed by atoms with Crippen molar-refractivity contribution in [1.29, 1.82) is 0 Å². The average molecular weight is 412 g/mol. The second-order valence-electron chi connectivity index (χ2n) is 7.88. The summed E-state index contributed by atoms with van der Waals surface area (Å²) in [5, 5.41) is 10.5. The van der Waals surface area contributed by atoms with Crippen molar-refractivity contribution in [1.82, 2.24) is 20.2 Å². The lowest BCUT2D eigenvalue weighted by Gasteiger charge is -2.30. The summed E-state index contributed by atoms with van der Waals surface area (Å²) in [5.74, 6) is 2.56. The predicted molar refractivity (Wildman–Crippen MR) is 124 cm³/mol. The van der Waals surface area contributed by atoms with E-state index in [1.165, 1.54) is 16.8 Å². The van der Waals surface area contributed by atoms with E-state index in [1.54, 1.807) is 6.20 Å². The molecule has 7 nitrogen and oxygen atoms in total. The molecule has 31 heavy (non-hydrogen) atoms. The standard InChI is InChI=1S/C24H25N7/c1-16-9-10-20-18(14-16)8-5-13-31(20)21-11-12-26-24(27-21)28-23-19(22(25)29-30-23)15-17-6-3-2-4-7-17/h2-4,6-7,9-12,14H,5,8,13,15H2,1H3,(H4,25,26,27,28,29,30). The predicted octanol–water partition coefficient (Wildman–Crippen LogP) is 4.51. The minimum Gasteiger partial charge on any atom is -0.384 e. The molecule has 0 radical (unpaired) electrons. The van der Waals surface area contributed by atoms with E-state index < -0.39 is 0 Å². The largest absolute Gasteiger partial charge is 0.384 e. The number of nitrogens with one attached hydrogen (secondary N) is 2. The van der Waals surface area contributed by atoms with Crippen molar-refractivity contribution in [2.75, 3.05) is 22.5 Å². The van der Waals surface area contributed by atoms with Gasteiger partial charge in [0.15, 0.2) is 5.82 Å². The van der Waals surface area contributed by atoms with E-state index in [0.29, 0.717) is 24.0 Å². The average Bonchev–Trinajstić information content (AvgIpc) is 3.13. The number of aryl methyl sites for hydroxylation is 2. The Hall–Kier alpha value is -3.87. The number of aromatic nitrogens is 4. The summed E-state index contributed by atoms with van der Waals surface area (Å²) >= 11 is 0. The van der Waals surface area contributed by atoms with Gasteiger partial charge < -0.3 is 16.0 Å². The van der Waals surface area contributed by atoms with Gasteiger partial charge in [-0.2, -0.15) is 10.1 Å². The summed E-state index contributed by atoms with van der Waals surface area (Å²) in [6.07, 6.45) is 4.64. The first-order chi connectivity index (χ1) is 15.2. The molecule has 0 saturated heterocycles. The van der Waals surface area contributed by atoms with Gasteiger partial charge >= 0.3 is 0 Å². The van der Waals surface area contributed by atoms with Crippen LogP contribution in [-0.2, 0) is 12.8 Å². The number of nitrogens with two attached hydrogens (primary N) is 1. The number of aromatic amines is 1. The number of benzene rings is 2. The first-order valence-corrected chi connectivity index (χ1v) is 10.5. The number of rotatable bonds is 5. The van der Waals surface area contributed by atoms with Crippen molar-refractivity contribution in [3.8, 4) is 0 Å². The second-order valence-corrected chi connectivity index (χ2v) is 7.88. The van der Waals surface area contributed by atoms with Gasteiger partial charge in [-0.3, -0.25) is 5.10 Å². The maximum Gasteiger partial charge on any atom is 0.230 e. The fraction of sp³-hybridized carbons (Fsp3) is 0.208. The molecule has 0 unspecified atom stereocenters. The minimum absolute atomic E-state index is 0.498. The molecular weight excluding hydrogens is 386 g/mol. The number of hydrogen-bond acceptors (Lipinski definition) is 6. The highest BCUT2D eigenvalue weighted by Crippen LogP contribution is 2.33. The zero-order chi connectivity index (χ0) is 21.2. The van der Waals surface area contributed by atoms with Crippen molar-refractivity contribution in [2.24, 2.45) is 0 Å². The van der Waals surface area contributed by atoms with Gasteiger partial charge in [-0.05, 0) is 43.0 Å². The first-order valence-electron chi connectivity index (χ1n) is 10.5. The Bertz CT molecular complexity index is 1200. The van der Waals surface area contributed by atoms with Crippen LogP contribution in [0, 0.1) is 6.92 Å². The van der Waals surface area contributed by atoms with E-state index in [1.807, 2.05) is 24.3 Å². The van der Waals surface area contributed by atoms with Gasteiger partial charge in [0.1, 0.15) is 11.6 Å². The van der Waals surface area contributed by atoms with Crippen LogP contribution in [0.1, 0.15) is 28.7 Å². The van der Waals surface area contributed by atoms with Crippen LogP contribution < -0.4 is 16.0 Å². The molecule has 0 amide bonds. The van der Waals surface area contributed by atoms with Crippen molar-refractivity contribution in [3.05, 3.63) is 83.0 Å². The Morgan fingerprint density at radius 2 is 2.00 bits per heavy atom. The van der Waals surface area contributed by atoms with E-state index >= 15 is 0 Å². The number of anilines is 5. The minimum atomic E-state index is 0.498. The van der Waals surface area contributed by atoms with Gasteiger partial charge in [-0.15, -0.1) is 0 Å². The van der Waals surface area contributed by atoms with Crippen molar-refractivity contribution in [3.63, 3.8) is 0 Å². The van der Waals surface area contributed by atoms with Gasteiger partial charge in [-0.25, -0.2) is 4.98 Å². The fourth-order valence-electron chi connectivity index (χ4n) is 4.09. The van der Waals surface area contributed by atoms with E-state index in [4.69, 9.17) is 10.7 Å². The van der Waals surface area contributed by atoms with Crippen molar-refractivity contribution >= 4 is 29.1 Å². The molecule has 1 aliphatic heterocycles. The lowest BCUT2D eigenvalue weighted by Crippen LogP contribution is -2.25. The normalized spacial score (nSPS) is 13.1. The fourth-order valence-corrected chi connectivity index (χ4v) is 4.09. The van der Waals surface area contributed by atoms with Gasteiger partial charge in [-0.1, -0.05) is 48.0 Å². The Morgan fingerprint density at radius 1 is 1.13 bits per heavy atom. The molecule has 2 aromatic heterocycles. The topological polar surface area (TPSA) is 95.8 Å². The Morgan fingerprint density at radius 3 is 2.87 bits per heavy atom. The molecule has 0 atom stereocenters. The Kier molecular flexibility index (Phi) is 5.00. The van der Waals surface area contributed by atoms with Gasteiger partial charge in [0.2, 0.25) is 5.95 Å². The molecule has 0 fully saturated rings. The number of H-pyrrole nitrogens is 1. The number of nitrogen functional groups attached to an aromatic ring is 1. The highest BCUT2D eigenvalue weighted by molar-refractivity contribution is 5.68. The van der Waals surface area contributed by atoms with E-state index in [0.717, 1.165) is 36.3 Å². The van der Waals surface area contributed by atoms with E-state index in [9.17, 15) is 0 Å². The summed E-state index contributed by atoms with van der Waals surface area (Å²) in [5.41, 5.74) is 12.1. The smallest absolute Gasteiger partial charge is 0.230 e. The molecular formula is C24H25N7. The number of nitrogens with zero attached hydrogens (tertiary/aromatic N) is 4. The summed E-state index contributed by atoms with van der Waals surface area (Å²) in [6, 6.07) is 18.7. The Balaban J connectivity index is 1.42. The lowest BCUT2D eigenvalue weighted by molar-refractivity contribution is 0.758. The molecule has 4 N–H and O–H groups in total. The SMILES string of the molecule is Cc1ccc2c(c1)CCCN2c1ccnc(Nc2n[nH]c(N)c2Cc2ccccc2)n1. The maximum atomic E-state index is 6.15. The van der Waals surface area contributed by atoms with Crippen LogP contribution in [0.2, 0.25) is 0 Å². The van der Waals surface area contributed by atoms with Gasteiger partial charge in [0.05, 0.1) is 0 Å². The quantitative estimate of drug-likeness (QED) is 0.447. The first kappa shape index (κ1) is 19.1. The molecule has 3 heterocycles. The van der Waals surface area contributed by atoms with Gasteiger partial charge in [0, 0.05) is 30.4 Å². The number of hydrogen-bond donors (Lipinski definition) is 3. The van der Waals surface area contributed by atoms with E-state index in [-0.39, 0.29) is 0 Å². The lowest BCUT2D eigenvalue weighted by atomic mass is 9.99. The van der Waals surface area contributed by atoms with Crippen LogP contribution in [0.5, 0.6) is 0 Å². The molecule has 156 valence electrons. The second kappa shape index (κ2) is 8.10. The molecule has 7 heteroatoms. The summed E-state index contributed by atoms with van der Waals surface area (Å²) in [7, 11) is 0. The zero-order valence-corrected chi connectivity index (χ0v) is 17.5. The van der Waals surface area contributed by atoms with Crippen LogP contribution in [-0.4, -0.2) is 26.7 Å². The molecule has 1 aliphatic rings. The van der Waals surface area contributed by atoms with Gasteiger partial charge in [0.25, 0.3) is 0 Å². The molecule has 0 saturated carbocycles. The van der Waals surface area contributed by atoms with Crippen LogP contribution >= 0.6 is 0 Å². The van der Waals surface area contributed by atoms with Crippen LogP contribution in [0.3, 0.4) is 0 Å². The van der Waals surface area contributed by atoms with E-state index in [2.05, 4.69) is 62.7 Å². The third-order valence-corrected chi connectivity index (χ3v) is 5.62. The molecule has 4 aromatic rings. The highest BCUT2D eigenvalue weighted by Gasteiger charge is 2.20. The number of fused-ring (bicyclic) bond motifs is 1. The summed E-state index contributed by atoms with van der Waals surface area (Å²) in [4.78, 5) is 11.5. The highest BCUT2D eigenvalue weighted by atomic mass is 15.3.